The number of carbonyl (C=O) groups excluding carboxylic acids is 1. The number of amides is 1. The van der Waals surface area contributed by atoms with E-state index in [-0.39, 0.29) is 5.91 Å². The minimum Gasteiger partial charge on any atom is -0.356 e. The van der Waals surface area contributed by atoms with Gasteiger partial charge in [-0.25, -0.2) is 4.98 Å². The van der Waals surface area contributed by atoms with Gasteiger partial charge in [-0.1, -0.05) is 30.3 Å². The minimum absolute atomic E-state index is 0.0945. The molecule has 1 fully saturated rings. The first-order valence-corrected chi connectivity index (χ1v) is 13.6. The van der Waals surface area contributed by atoms with Crippen LogP contribution in [0.4, 0.5) is 11.5 Å². The van der Waals surface area contributed by atoms with E-state index in [0.717, 1.165) is 68.9 Å². The van der Waals surface area contributed by atoms with E-state index in [1.165, 1.54) is 19.3 Å². The molecule has 0 saturated carbocycles. The van der Waals surface area contributed by atoms with Gasteiger partial charge in [-0.05, 0) is 49.1 Å². The predicted molar refractivity (Wildman–Crippen MR) is 157 cm³/mol. The maximum absolute atomic E-state index is 12.6. The molecule has 6 heterocycles. The maximum atomic E-state index is 12.6. The first kappa shape index (κ1) is 24.0. The summed E-state index contributed by atoms with van der Waals surface area (Å²) in [6, 6.07) is 17.7. The molecule has 198 valence electrons. The van der Waals surface area contributed by atoms with Crippen LogP contribution in [0.15, 0.2) is 79.4 Å². The molecular formula is C31H28N8O. The minimum atomic E-state index is -0.0945. The van der Waals surface area contributed by atoms with Gasteiger partial charge in [0.15, 0.2) is 0 Å². The number of pyridine rings is 3. The molecule has 0 spiro atoms. The van der Waals surface area contributed by atoms with Crippen LogP contribution in [0.2, 0.25) is 0 Å². The fourth-order valence-corrected chi connectivity index (χ4v) is 5.44. The lowest BCUT2D eigenvalue weighted by Crippen LogP contribution is -2.30. The van der Waals surface area contributed by atoms with E-state index >= 15 is 0 Å². The molecule has 9 heteroatoms. The van der Waals surface area contributed by atoms with Gasteiger partial charge >= 0.3 is 0 Å². The number of nitrogens with one attached hydrogen (secondary N) is 3. The number of hydrogen-bond donors (Lipinski definition) is 3. The Kier molecular flexibility index (Phi) is 6.16. The van der Waals surface area contributed by atoms with Gasteiger partial charge in [0, 0.05) is 41.8 Å². The highest BCUT2D eigenvalue weighted by Gasteiger charge is 2.19. The number of hydrogen-bond acceptors (Lipinski definition) is 6. The third-order valence-corrected chi connectivity index (χ3v) is 7.41. The summed E-state index contributed by atoms with van der Waals surface area (Å²) in [5, 5.41) is 12.8. The zero-order valence-corrected chi connectivity index (χ0v) is 21.9. The number of nitrogens with zero attached hydrogens (tertiary/aromatic N) is 5. The van der Waals surface area contributed by atoms with Crippen molar-refractivity contribution in [1.82, 2.24) is 30.1 Å². The molecule has 1 aliphatic rings. The fourth-order valence-electron chi connectivity index (χ4n) is 5.44. The zero-order chi connectivity index (χ0) is 26.9. The highest BCUT2D eigenvalue weighted by atomic mass is 16.1. The number of aromatic amines is 2. The average Bonchev–Trinajstić information content (AvgIpc) is 3.62. The molecule has 3 N–H and O–H groups in total. The Balaban J connectivity index is 1.19. The van der Waals surface area contributed by atoms with Gasteiger partial charge in [0.1, 0.15) is 11.5 Å². The zero-order valence-electron chi connectivity index (χ0n) is 21.9. The summed E-state index contributed by atoms with van der Waals surface area (Å²) in [6.45, 7) is 2.07. The van der Waals surface area contributed by atoms with Gasteiger partial charge in [0.2, 0.25) is 5.91 Å². The molecule has 0 bridgehead atoms. The van der Waals surface area contributed by atoms with Crippen molar-refractivity contribution >= 4 is 39.2 Å². The Morgan fingerprint density at radius 2 is 1.77 bits per heavy atom. The number of piperidine rings is 1. The maximum Gasteiger partial charge on any atom is 0.228 e. The summed E-state index contributed by atoms with van der Waals surface area (Å²) < 4.78 is 0. The van der Waals surface area contributed by atoms with Crippen molar-refractivity contribution < 1.29 is 4.79 Å². The molecule has 1 saturated heterocycles. The first-order valence-electron chi connectivity index (χ1n) is 13.6. The molecule has 1 aliphatic heterocycles. The Bertz CT molecular complexity index is 1820. The molecule has 0 unspecified atom stereocenters. The van der Waals surface area contributed by atoms with Crippen LogP contribution in [-0.2, 0) is 11.2 Å². The number of fused-ring (bicyclic) bond motifs is 2. The molecule has 6 aromatic rings. The van der Waals surface area contributed by atoms with Crippen molar-refractivity contribution in [2.75, 3.05) is 23.3 Å². The summed E-state index contributed by atoms with van der Waals surface area (Å²) in [4.78, 5) is 32.2. The Morgan fingerprint density at radius 3 is 2.65 bits per heavy atom. The third kappa shape index (κ3) is 4.66. The van der Waals surface area contributed by atoms with E-state index < -0.39 is 0 Å². The molecule has 0 radical (unpaired) electrons. The van der Waals surface area contributed by atoms with E-state index in [0.29, 0.717) is 12.1 Å². The van der Waals surface area contributed by atoms with Crippen LogP contribution in [0.1, 0.15) is 24.8 Å². The Labute approximate surface area is 230 Å². The van der Waals surface area contributed by atoms with Crippen LogP contribution >= 0.6 is 0 Å². The highest BCUT2D eigenvalue weighted by molar-refractivity contribution is 5.99. The number of carbonyl (C=O) groups is 1. The summed E-state index contributed by atoms with van der Waals surface area (Å²) in [5.41, 5.74) is 6.75. The summed E-state index contributed by atoms with van der Waals surface area (Å²) in [6.07, 6.45) is 11.0. The molecule has 7 rings (SSSR count). The molecule has 1 amide bonds. The van der Waals surface area contributed by atoms with Gasteiger partial charge < -0.3 is 15.2 Å². The van der Waals surface area contributed by atoms with Crippen LogP contribution in [0, 0.1) is 0 Å². The van der Waals surface area contributed by atoms with Crippen LogP contribution in [-0.4, -0.2) is 49.1 Å². The van der Waals surface area contributed by atoms with E-state index in [4.69, 9.17) is 4.98 Å². The van der Waals surface area contributed by atoms with Gasteiger partial charge in [-0.15, -0.1) is 0 Å². The summed E-state index contributed by atoms with van der Waals surface area (Å²) >= 11 is 0. The van der Waals surface area contributed by atoms with Crippen molar-refractivity contribution in [3.05, 3.63) is 84.9 Å². The van der Waals surface area contributed by atoms with Crippen LogP contribution in [0.25, 0.3) is 44.5 Å². The SMILES string of the molecule is O=C(Cc1ccccc1)Nc1cncc(-c2cc3c(-c4cc5c(N6CCCCC6)nccc5[nH]4)n[nH]c3cn2)c1. The fraction of sp³-hybridized carbons (Fsp3) is 0.194. The smallest absolute Gasteiger partial charge is 0.228 e. The number of benzene rings is 1. The Morgan fingerprint density at radius 1 is 0.900 bits per heavy atom. The molecule has 1 aromatic carbocycles. The molecule has 0 aliphatic carbocycles. The van der Waals surface area contributed by atoms with Crippen molar-refractivity contribution in [3.63, 3.8) is 0 Å². The first-order chi connectivity index (χ1) is 19.7. The lowest BCUT2D eigenvalue weighted by Gasteiger charge is -2.28. The van der Waals surface area contributed by atoms with Crippen LogP contribution < -0.4 is 10.2 Å². The summed E-state index contributed by atoms with van der Waals surface area (Å²) in [5.74, 6) is 0.932. The molecule has 5 aromatic heterocycles. The topological polar surface area (TPSA) is 115 Å². The number of anilines is 2. The predicted octanol–water partition coefficient (Wildman–Crippen LogP) is 5.73. The number of aromatic nitrogens is 6. The number of rotatable bonds is 6. The monoisotopic (exact) mass is 528 g/mol. The lowest BCUT2D eigenvalue weighted by molar-refractivity contribution is -0.115. The van der Waals surface area contributed by atoms with Gasteiger partial charge in [0.05, 0.1) is 46.9 Å². The summed E-state index contributed by atoms with van der Waals surface area (Å²) in [7, 11) is 0. The van der Waals surface area contributed by atoms with Crippen molar-refractivity contribution in [2.45, 2.75) is 25.7 Å². The number of H-pyrrole nitrogens is 2. The van der Waals surface area contributed by atoms with Crippen LogP contribution in [0.5, 0.6) is 0 Å². The van der Waals surface area contributed by atoms with E-state index in [1.54, 1.807) is 18.6 Å². The second-order valence-corrected chi connectivity index (χ2v) is 10.2. The average molecular weight is 529 g/mol. The molecule has 40 heavy (non-hydrogen) atoms. The Hall–Kier alpha value is -5.05. The van der Waals surface area contributed by atoms with E-state index in [1.807, 2.05) is 54.7 Å². The third-order valence-electron chi connectivity index (χ3n) is 7.41. The second-order valence-electron chi connectivity index (χ2n) is 10.2. The van der Waals surface area contributed by atoms with E-state index in [2.05, 4.69) is 41.4 Å². The van der Waals surface area contributed by atoms with Crippen molar-refractivity contribution in [1.29, 1.82) is 0 Å². The molecular weight excluding hydrogens is 500 g/mol. The van der Waals surface area contributed by atoms with Crippen molar-refractivity contribution in [2.24, 2.45) is 0 Å². The van der Waals surface area contributed by atoms with Gasteiger partial charge in [-0.2, -0.15) is 5.10 Å². The largest absolute Gasteiger partial charge is 0.356 e. The second kappa shape index (κ2) is 10.3. The highest BCUT2D eigenvalue weighted by Crippen LogP contribution is 2.34. The molecule has 0 atom stereocenters. The van der Waals surface area contributed by atoms with Gasteiger partial charge in [-0.3, -0.25) is 19.9 Å². The normalized spacial score (nSPS) is 13.7. The lowest BCUT2D eigenvalue weighted by atomic mass is 10.1. The van der Waals surface area contributed by atoms with Gasteiger partial charge in [0.25, 0.3) is 0 Å². The molecule has 9 nitrogen and oxygen atoms in total. The van der Waals surface area contributed by atoms with Crippen LogP contribution in [0.3, 0.4) is 0 Å². The standard InChI is InChI=1S/C31H28N8O/c40-29(13-20-7-3-1-4-8-20)35-22-14-21(17-32-18-22)26-15-23-28(19-34-26)37-38-30(23)27-16-24-25(36-27)9-10-33-31(24)39-11-5-2-6-12-39/h1,3-4,7-10,14-19,36H,2,5-6,11-13H2,(H,35,40)(H,37,38). The van der Waals surface area contributed by atoms with E-state index in [9.17, 15) is 4.79 Å². The quantitative estimate of drug-likeness (QED) is 0.254. The van der Waals surface area contributed by atoms with Crippen molar-refractivity contribution in [3.8, 4) is 22.6 Å².